The molecule has 2 aliphatic heterocycles. The third-order valence-electron chi connectivity index (χ3n) is 6.59. The second-order valence-electron chi connectivity index (χ2n) is 8.74. The largest absolute Gasteiger partial charge is 0.496 e. The Bertz CT molecular complexity index is 1070. The summed E-state index contributed by atoms with van der Waals surface area (Å²) in [5.41, 5.74) is 2.74. The number of allylic oxidation sites excluding steroid dienone is 1. The maximum absolute atomic E-state index is 13.6. The van der Waals surface area contributed by atoms with E-state index in [1.807, 2.05) is 50.2 Å². The molecule has 4 rings (SSSR count). The maximum Gasteiger partial charge on any atom is 0.337 e. The summed E-state index contributed by atoms with van der Waals surface area (Å²) in [7, 11) is 1.59. The predicted octanol–water partition coefficient (Wildman–Crippen LogP) is 5.42. The van der Waals surface area contributed by atoms with Crippen LogP contribution in [0, 0.1) is 0 Å². The fourth-order valence-electron chi connectivity index (χ4n) is 4.76. The number of halogens is 1. The molecule has 6 nitrogen and oxygen atoms in total. The molecule has 0 radical (unpaired) electrons. The number of carbonyl (C=O) groups is 2. The normalized spacial score (nSPS) is 21.5. The third-order valence-corrected chi connectivity index (χ3v) is 6.84. The van der Waals surface area contributed by atoms with Gasteiger partial charge in [-0.15, -0.1) is 0 Å². The summed E-state index contributed by atoms with van der Waals surface area (Å²) in [4.78, 5) is 28.5. The summed E-state index contributed by atoms with van der Waals surface area (Å²) in [5.74, 6) is -0.229. The summed E-state index contributed by atoms with van der Waals surface area (Å²) in [6.07, 6.45) is 1.52. The number of hydrogen-bond acceptors (Lipinski definition) is 5. The Morgan fingerprint density at radius 1 is 1.21 bits per heavy atom. The van der Waals surface area contributed by atoms with Crippen molar-refractivity contribution in [1.82, 2.24) is 4.90 Å². The molecule has 2 heterocycles. The van der Waals surface area contributed by atoms with Crippen LogP contribution in [-0.4, -0.2) is 43.1 Å². The van der Waals surface area contributed by atoms with Crippen molar-refractivity contribution in [2.75, 3.05) is 20.3 Å². The van der Waals surface area contributed by atoms with Gasteiger partial charge in [0.2, 0.25) is 5.91 Å². The summed E-state index contributed by atoms with van der Waals surface area (Å²) in [6, 6.07) is 14.7. The van der Waals surface area contributed by atoms with Gasteiger partial charge in [0, 0.05) is 35.2 Å². The molecule has 7 heteroatoms. The standard InChI is InChI=1S/C27H30ClNO5/c1-17-26(27(31)34-18(2)22-8-4-5-9-24(22)32-3)23(19-10-12-20(28)13-11-19)15-25(30)29(17)16-21-7-6-14-33-21/h4-5,8-13,18,21,23H,6-7,14-16H2,1-3H3/t18-,21?,23?/m1/s1. The molecular weight excluding hydrogens is 454 g/mol. The minimum atomic E-state index is -0.529. The number of benzene rings is 2. The van der Waals surface area contributed by atoms with Crippen LogP contribution >= 0.6 is 11.6 Å². The van der Waals surface area contributed by atoms with E-state index in [4.69, 9.17) is 25.8 Å². The first-order valence-corrected chi connectivity index (χ1v) is 12.0. The zero-order valence-corrected chi connectivity index (χ0v) is 20.5. The van der Waals surface area contributed by atoms with Gasteiger partial charge < -0.3 is 19.1 Å². The third kappa shape index (κ3) is 5.13. The molecule has 2 aromatic rings. The molecular formula is C27H30ClNO5. The van der Waals surface area contributed by atoms with Crippen molar-refractivity contribution in [2.24, 2.45) is 0 Å². The highest BCUT2D eigenvalue weighted by molar-refractivity contribution is 6.30. The summed E-state index contributed by atoms with van der Waals surface area (Å²) in [5, 5.41) is 0.598. The van der Waals surface area contributed by atoms with Crippen LogP contribution in [0.1, 0.15) is 56.3 Å². The zero-order valence-electron chi connectivity index (χ0n) is 19.8. The van der Waals surface area contributed by atoms with Crippen LogP contribution < -0.4 is 4.74 Å². The monoisotopic (exact) mass is 483 g/mol. The number of esters is 1. The van der Waals surface area contributed by atoms with Gasteiger partial charge in [-0.2, -0.15) is 0 Å². The second kappa shape index (κ2) is 10.6. The fraction of sp³-hybridized carbons (Fsp3) is 0.407. The molecule has 2 unspecified atom stereocenters. The summed E-state index contributed by atoms with van der Waals surface area (Å²) in [6.45, 7) is 4.78. The van der Waals surface area contributed by atoms with Crippen molar-refractivity contribution in [2.45, 2.75) is 51.2 Å². The number of para-hydroxylation sites is 1. The molecule has 0 bridgehead atoms. The lowest BCUT2D eigenvalue weighted by molar-refractivity contribution is -0.145. The lowest BCUT2D eigenvalue weighted by Gasteiger charge is -2.36. The number of amides is 1. The van der Waals surface area contributed by atoms with Crippen LogP contribution in [0.5, 0.6) is 5.75 Å². The highest BCUT2D eigenvalue weighted by Crippen LogP contribution is 2.39. The van der Waals surface area contributed by atoms with E-state index in [9.17, 15) is 9.59 Å². The van der Waals surface area contributed by atoms with Gasteiger partial charge in [-0.05, 0) is 50.5 Å². The van der Waals surface area contributed by atoms with Crippen LogP contribution in [0.15, 0.2) is 59.8 Å². The molecule has 2 aliphatic rings. The molecule has 34 heavy (non-hydrogen) atoms. The smallest absolute Gasteiger partial charge is 0.337 e. The van der Waals surface area contributed by atoms with E-state index < -0.39 is 18.0 Å². The average Bonchev–Trinajstić information content (AvgIpc) is 3.35. The highest BCUT2D eigenvalue weighted by atomic mass is 35.5. The molecule has 180 valence electrons. The zero-order chi connectivity index (χ0) is 24.2. The first kappa shape index (κ1) is 24.3. The SMILES string of the molecule is COc1ccccc1[C@@H](C)OC(=O)C1=C(C)N(CC2CCCO2)C(=O)CC1c1ccc(Cl)cc1. The van der Waals surface area contributed by atoms with Crippen molar-refractivity contribution in [3.05, 3.63) is 76.0 Å². The number of ether oxygens (including phenoxy) is 3. The van der Waals surface area contributed by atoms with E-state index in [-0.39, 0.29) is 18.4 Å². The molecule has 2 aromatic carbocycles. The molecule has 0 aliphatic carbocycles. The van der Waals surface area contributed by atoms with Crippen molar-refractivity contribution < 1.29 is 23.8 Å². The minimum absolute atomic E-state index is 0.0178. The molecule has 1 fully saturated rings. The number of nitrogens with zero attached hydrogens (tertiary/aromatic N) is 1. The highest BCUT2D eigenvalue weighted by Gasteiger charge is 2.38. The Labute approximate surface area is 205 Å². The summed E-state index contributed by atoms with van der Waals surface area (Å²) >= 11 is 6.09. The molecule has 0 N–H and O–H groups in total. The average molecular weight is 484 g/mol. The first-order chi connectivity index (χ1) is 16.4. The van der Waals surface area contributed by atoms with Gasteiger partial charge in [0.1, 0.15) is 11.9 Å². The van der Waals surface area contributed by atoms with E-state index in [0.29, 0.717) is 35.2 Å². The van der Waals surface area contributed by atoms with E-state index in [2.05, 4.69) is 0 Å². The maximum atomic E-state index is 13.6. The second-order valence-corrected chi connectivity index (χ2v) is 9.17. The van der Waals surface area contributed by atoms with Gasteiger partial charge in [-0.3, -0.25) is 4.79 Å². The molecule has 1 saturated heterocycles. The number of carbonyl (C=O) groups excluding carboxylic acids is 2. The quantitative estimate of drug-likeness (QED) is 0.492. The molecule has 0 saturated carbocycles. The van der Waals surface area contributed by atoms with E-state index >= 15 is 0 Å². The van der Waals surface area contributed by atoms with Gasteiger partial charge in [0.05, 0.1) is 25.3 Å². The van der Waals surface area contributed by atoms with E-state index in [0.717, 1.165) is 24.0 Å². The van der Waals surface area contributed by atoms with Crippen molar-refractivity contribution >= 4 is 23.5 Å². The van der Waals surface area contributed by atoms with Gasteiger partial charge >= 0.3 is 5.97 Å². The Hall–Kier alpha value is -2.83. The van der Waals surface area contributed by atoms with Crippen molar-refractivity contribution in [1.29, 1.82) is 0 Å². The summed E-state index contributed by atoms with van der Waals surface area (Å²) < 4.78 is 17.1. The van der Waals surface area contributed by atoms with Crippen molar-refractivity contribution in [3.63, 3.8) is 0 Å². The van der Waals surface area contributed by atoms with E-state index in [1.54, 1.807) is 24.1 Å². The van der Waals surface area contributed by atoms with Crippen LogP contribution in [0.4, 0.5) is 0 Å². The number of rotatable bonds is 7. The molecule has 1 amide bonds. The minimum Gasteiger partial charge on any atom is -0.496 e. The fourth-order valence-corrected chi connectivity index (χ4v) is 4.89. The van der Waals surface area contributed by atoms with Gasteiger partial charge in [-0.25, -0.2) is 4.79 Å². The Morgan fingerprint density at radius 2 is 1.94 bits per heavy atom. The van der Waals surface area contributed by atoms with Crippen LogP contribution in [0.2, 0.25) is 5.02 Å². The topological polar surface area (TPSA) is 65.1 Å². The van der Waals surface area contributed by atoms with Gasteiger partial charge in [0.25, 0.3) is 0 Å². The Morgan fingerprint density at radius 3 is 2.62 bits per heavy atom. The van der Waals surface area contributed by atoms with Crippen molar-refractivity contribution in [3.8, 4) is 5.75 Å². The molecule has 3 atom stereocenters. The predicted molar refractivity (Wildman–Crippen MR) is 130 cm³/mol. The van der Waals surface area contributed by atoms with Crippen LogP contribution in [0.25, 0.3) is 0 Å². The van der Waals surface area contributed by atoms with Gasteiger partial charge in [-0.1, -0.05) is 41.9 Å². The lowest BCUT2D eigenvalue weighted by atomic mass is 9.83. The Kier molecular flexibility index (Phi) is 7.59. The Balaban J connectivity index is 1.67. The lowest BCUT2D eigenvalue weighted by Crippen LogP contribution is -2.42. The first-order valence-electron chi connectivity index (χ1n) is 11.6. The van der Waals surface area contributed by atoms with Gasteiger partial charge in [0.15, 0.2) is 0 Å². The molecule has 0 spiro atoms. The number of hydrogen-bond donors (Lipinski definition) is 0. The van der Waals surface area contributed by atoms with Crippen LogP contribution in [0.3, 0.4) is 0 Å². The number of methoxy groups -OCH3 is 1. The van der Waals surface area contributed by atoms with Crippen LogP contribution in [-0.2, 0) is 19.1 Å². The van der Waals surface area contributed by atoms with E-state index in [1.165, 1.54) is 0 Å². The molecule has 0 aromatic heterocycles.